The summed E-state index contributed by atoms with van der Waals surface area (Å²) >= 11 is 0. The molecule has 0 radical (unpaired) electrons. The lowest BCUT2D eigenvalue weighted by atomic mass is 10.1. The Morgan fingerprint density at radius 1 is 1.50 bits per heavy atom. The van der Waals surface area contributed by atoms with Crippen molar-refractivity contribution in [2.24, 2.45) is 5.73 Å². The van der Waals surface area contributed by atoms with E-state index in [2.05, 4.69) is 16.7 Å². The van der Waals surface area contributed by atoms with E-state index in [0.29, 0.717) is 25.2 Å². The molecule has 1 aromatic rings. The minimum absolute atomic E-state index is 0.454. The standard InChI is InChI=1S/C12H16N4O2/c1-18-11-3-2-9(7-13)6-10(11)8-15-4-5-16-12(14)17/h2-3,6,15H,4-5,8H2,1H3,(H3,14,16,17). The summed E-state index contributed by atoms with van der Waals surface area (Å²) in [4.78, 5) is 10.4. The van der Waals surface area contributed by atoms with Crippen molar-refractivity contribution in [1.29, 1.82) is 5.26 Å². The molecule has 0 saturated heterocycles. The van der Waals surface area contributed by atoms with Gasteiger partial charge in [-0.05, 0) is 18.2 Å². The van der Waals surface area contributed by atoms with Crippen LogP contribution in [0.3, 0.4) is 0 Å². The SMILES string of the molecule is COc1ccc(C#N)cc1CNCCNC(N)=O. The number of methoxy groups -OCH3 is 1. The lowest BCUT2D eigenvalue weighted by Crippen LogP contribution is -2.35. The average molecular weight is 248 g/mol. The molecule has 6 nitrogen and oxygen atoms in total. The lowest BCUT2D eigenvalue weighted by Gasteiger charge is -2.10. The first kappa shape index (κ1) is 13.8. The number of rotatable bonds is 6. The zero-order chi connectivity index (χ0) is 13.4. The maximum absolute atomic E-state index is 10.4. The lowest BCUT2D eigenvalue weighted by molar-refractivity contribution is 0.249. The smallest absolute Gasteiger partial charge is 0.312 e. The normalized spacial score (nSPS) is 9.56. The molecular formula is C12H16N4O2. The van der Waals surface area contributed by atoms with E-state index in [1.165, 1.54) is 0 Å². The fraction of sp³-hybridized carbons (Fsp3) is 0.333. The van der Waals surface area contributed by atoms with Gasteiger partial charge >= 0.3 is 6.03 Å². The van der Waals surface area contributed by atoms with Crippen LogP contribution < -0.4 is 21.1 Å². The summed E-state index contributed by atoms with van der Waals surface area (Å²) in [7, 11) is 1.58. The fourth-order valence-electron chi connectivity index (χ4n) is 1.48. The molecule has 18 heavy (non-hydrogen) atoms. The highest BCUT2D eigenvalue weighted by molar-refractivity contribution is 5.71. The van der Waals surface area contributed by atoms with Gasteiger partial charge in [0.2, 0.25) is 0 Å². The van der Waals surface area contributed by atoms with E-state index >= 15 is 0 Å². The highest BCUT2D eigenvalue weighted by Crippen LogP contribution is 2.19. The number of carbonyl (C=O) groups excluding carboxylic acids is 1. The first-order valence-corrected chi connectivity index (χ1v) is 5.48. The maximum atomic E-state index is 10.4. The number of ether oxygens (including phenoxy) is 1. The summed E-state index contributed by atoms with van der Waals surface area (Å²) in [6.45, 7) is 1.59. The van der Waals surface area contributed by atoms with Gasteiger partial charge in [-0.2, -0.15) is 5.26 Å². The number of carbonyl (C=O) groups is 1. The van der Waals surface area contributed by atoms with Gasteiger partial charge in [-0.25, -0.2) is 4.79 Å². The molecule has 0 aliphatic heterocycles. The summed E-state index contributed by atoms with van der Waals surface area (Å²) < 4.78 is 5.20. The van der Waals surface area contributed by atoms with Crippen molar-refractivity contribution in [3.8, 4) is 11.8 Å². The van der Waals surface area contributed by atoms with Crippen molar-refractivity contribution in [2.45, 2.75) is 6.54 Å². The van der Waals surface area contributed by atoms with Crippen molar-refractivity contribution < 1.29 is 9.53 Å². The van der Waals surface area contributed by atoms with E-state index in [9.17, 15) is 4.79 Å². The van der Waals surface area contributed by atoms with E-state index in [-0.39, 0.29) is 0 Å². The number of benzene rings is 1. The molecule has 0 heterocycles. The Kier molecular flexibility index (Phi) is 5.48. The third-order valence-corrected chi connectivity index (χ3v) is 2.33. The summed E-state index contributed by atoms with van der Waals surface area (Å²) in [5.74, 6) is 0.726. The van der Waals surface area contributed by atoms with E-state index < -0.39 is 6.03 Å². The van der Waals surface area contributed by atoms with Crippen LogP contribution in [-0.4, -0.2) is 26.2 Å². The average Bonchev–Trinajstić information content (AvgIpc) is 2.37. The Morgan fingerprint density at radius 2 is 2.28 bits per heavy atom. The molecule has 0 aliphatic carbocycles. The predicted molar refractivity (Wildman–Crippen MR) is 67.0 cm³/mol. The van der Waals surface area contributed by atoms with Gasteiger partial charge in [0.1, 0.15) is 5.75 Å². The second kappa shape index (κ2) is 7.14. The first-order valence-electron chi connectivity index (χ1n) is 5.48. The van der Waals surface area contributed by atoms with Crippen molar-refractivity contribution in [1.82, 2.24) is 10.6 Å². The van der Waals surface area contributed by atoms with Crippen molar-refractivity contribution in [3.63, 3.8) is 0 Å². The van der Waals surface area contributed by atoms with E-state index in [0.717, 1.165) is 11.3 Å². The summed E-state index contributed by atoms with van der Waals surface area (Å²) in [5.41, 5.74) is 6.42. The minimum atomic E-state index is -0.541. The molecule has 0 atom stereocenters. The number of nitrogens with one attached hydrogen (secondary N) is 2. The molecule has 1 rings (SSSR count). The molecular weight excluding hydrogens is 232 g/mol. The third-order valence-electron chi connectivity index (χ3n) is 2.33. The molecule has 2 amide bonds. The molecule has 1 aromatic carbocycles. The Hall–Kier alpha value is -2.26. The maximum Gasteiger partial charge on any atom is 0.312 e. The summed E-state index contributed by atoms with van der Waals surface area (Å²) in [6.07, 6.45) is 0. The van der Waals surface area contributed by atoms with Crippen LogP contribution in [-0.2, 0) is 6.54 Å². The Bertz CT molecular complexity index is 454. The molecule has 4 N–H and O–H groups in total. The summed E-state index contributed by atoms with van der Waals surface area (Å²) in [6, 6.07) is 6.78. The molecule has 0 aliphatic rings. The number of nitrogens with zero attached hydrogens (tertiary/aromatic N) is 1. The Balaban J connectivity index is 2.50. The zero-order valence-electron chi connectivity index (χ0n) is 10.2. The predicted octanol–water partition coefficient (Wildman–Crippen LogP) is 0.325. The van der Waals surface area contributed by atoms with Crippen LogP contribution in [0.5, 0.6) is 5.75 Å². The van der Waals surface area contributed by atoms with Gasteiger partial charge in [0.25, 0.3) is 0 Å². The van der Waals surface area contributed by atoms with Crippen LogP contribution in [0.4, 0.5) is 4.79 Å². The van der Waals surface area contributed by atoms with Gasteiger partial charge in [0.05, 0.1) is 18.7 Å². The van der Waals surface area contributed by atoms with Crippen LogP contribution >= 0.6 is 0 Å². The number of amides is 2. The van der Waals surface area contributed by atoms with Crippen LogP contribution in [0.25, 0.3) is 0 Å². The zero-order valence-corrected chi connectivity index (χ0v) is 10.2. The number of nitriles is 1. The number of urea groups is 1. The Morgan fingerprint density at radius 3 is 2.89 bits per heavy atom. The summed E-state index contributed by atoms with van der Waals surface area (Å²) in [5, 5.41) is 14.4. The van der Waals surface area contributed by atoms with Crippen molar-refractivity contribution in [2.75, 3.05) is 20.2 Å². The van der Waals surface area contributed by atoms with E-state index in [4.69, 9.17) is 15.7 Å². The number of nitrogens with two attached hydrogens (primary N) is 1. The third kappa shape index (κ3) is 4.31. The highest BCUT2D eigenvalue weighted by atomic mass is 16.5. The minimum Gasteiger partial charge on any atom is -0.496 e. The molecule has 0 saturated carbocycles. The van der Waals surface area contributed by atoms with Crippen LogP contribution in [0.15, 0.2) is 18.2 Å². The second-order valence-corrected chi connectivity index (χ2v) is 3.61. The fourth-order valence-corrected chi connectivity index (χ4v) is 1.48. The van der Waals surface area contributed by atoms with Gasteiger partial charge in [0.15, 0.2) is 0 Å². The molecule has 96 valence electrons. The topological polar surface area (TPSA) is 100 Å². The number of hydrogen-bond acceptors (Lipinski definition) is 4. The van der Waals surface area contributed by atoms with E-state index in [1.807, 2.05) is 0 Å². The van der Waals surface area contributed by atoms with Crippen molar-refractivity contribution in [3.05, 3.63) is 29.3 Å². The largest absolute Gasteiger partial charge is 0.496 e. The van der Waals surface area contributed by atoms with Crippen molar-refractivity contribution >= 4 is 6.03 Å². The van der Waals surface area contributed by atoms with Gasteiger partial charge in [-0.3, -0.25) is 0 Å². The van der Waals surface area contributed by atoms with Crippen LogP contribution in [0.1, 0.15) is 11.1 Å². The Labute approximate surface area is 106 Å². The van der Waals surface area contributed by atoms with E-state index in [1.54, 1.807) is 25.3 Å². The molecule has 0 fully saturated rings. The molecule has 6 heteroatoms. The van der Waals surface area contributed by atoms with Gasteiger partial charge in [-0.15, -0.1) is 0 Å². The monoisotopic (exact) mass is 248 g/mol. The first-order chi connectivity index (χ1) is 8.67. The second-order valence-electron chi connectivity index (χ2n) is 3.61. The van der Waals surface area contributed by atoms with Gasteiger partial charge in [-0.1, -0.05) is 0 Å². The highest BCUT2D eigenvalue weighted by Gasteiger charge is 2.03. The molecule has 0 aromatic heterocycles. The van der Waals surface area contributed by atoms with Crippen LogP contribution in [0.2, 0.25) is 0 Å². The van der Waals surface area contributed by atoms with Gasteiger partial charge in [0, 0.05) is 25.2 Å². The quantitative estimate of drug-likeness (QED) is 0.631. The number of primary amides is 1. The number of hydrogen-bond donors (Lipinski definition) is 3. The molecule has 0 unspecified atom stereocenters. The van der Waals surface area contributed by atoms with Gasteiger partial charge < -0.3 is 21.1 Å². The molecule has 0 spiro atoms. The molecule has 0 bridgehead atoms. The van der Waals surface area contributed by atoms with Crippen LogP contribution in [0, 0.1) is 11.3 Å².